The Bertz CT molecular complexity index is 635. The lowest BCUT2D eigenvalue weighted by molar-refractivity contribution is -0.140. The van der Waals surface area contributed by atoms with Gasteiger partial charge in [0.15, 0.2) is 4.60 Å². The Hall–Kier alpha value is -1.52. The summed E-state index contributed by atoms with van der Waals surface area (Å²) in [6.45, 7) is 0. The van der Waals surface area contributed by atoms with Crippen LogP contribution in [0.5, 0.6) is 0 Å². The second-order valence-corrected chi connectivity index (χ2v) is 4.98. The summed E-state index contributed by atoms with van der Waals surface area (Å²) in [5, 5.41) is 7.46. The molecule has 10 heteroatoms. The number of halogens is 5. The number of nitrogens with two attached hydrogens (primary N) is 1. The zero-order valence-electron chi connectivity index (χ0n) is 10.6. The topological polar surface area (TPSA) is 68.8 Å². The molecule has 3 N–H and O–H groups in total. The van der Waals surface area contributed by atoms with E-state index >= 15 is 0 Å². The molecule has 1 aromatic carbocycles. The van der Waals surface area contributed by atoms with Gasteiger partial charge in [-0.15, -0.1) is 5.10 Å². The molecule has 1 aromatic heterocycles. The SMILES string of the molecule is Cn1nnc(Br)c1C(NN)c1ccc(F)c(C(F)(F)F)c1. The highest BCUT2D eigenvalue weighted by atomic mass is 79.9. The predicted molar refractivity (Wildman–Crippen MR) is 69.3 cm³/mol. The van der Waals surface area contributed by atoms with Gasteiger partial charge in [-0.05, 0) is 33.6 Å². The van der Waals surface area contributed by atoms with Crippen LogP contribution in [0, 0.1) is 5.82 Å². The fourth-order valence-corrected chi connectivity index (χ4v) is 2.47. The van der Waals surface area contributed by atoms with Crippen LogP contribution < -0.4 is 11.3 Å². The summed E-state index contributed by atoms with van der Waals surface area (Å²) in [5.74, 6) is 4.07. The van der Waals surface area contributed by atoms with Gasteiger partial charge >= 0.3 is 6.18 Å². The van der Waals surface area contributed by atoms with Crippen LogP contribution in [0.25, 0.3) is 0 Å². The van der Waals surface area contributed by atoms with Crippen molar-refractivity contribution in [2.24, 2.45) is 12.9 Å². The van der Waals surface area contributed by atoms with Gasteiger partial charge in [0.2, 0.25) is 0 Å². The summed E-state index contributed by atoms with van der Waals surface area (Å²) >= 11 is 3.14. The minimum atomic E-state index is -4.79. The molecule has 0 spiro atoms. The Labute approximate surface area is 125 Å². The Morgan fingerprint density at radius 3 is 2.52 bits per heavy atom. The quantitative estimate of drug-likeness (QED) is 0.496. The van der Waals surface area contributed by atoms with Crippen molar-refractivity contribution in [3.05, 3.63) is 45.4 Å². The number of hydrazine groups is 1. The number of hydrogen-bond donors (Lipinski definition) is 2. The summed E-state index contributed by atoms with van der Waals surface area (Å²) in [7, 11) is 1.56. The minimum absolute atomic E-state index is 0.136. The van der Waals surface area contributed by atoms with Crippen molar-refractivity contribution >= 4 is 15.9 Å². The van der Waals surface area contributed by atoms with Crippen LogP contribution in [0.1, 0.15) is 22.9 Å². The first-order chi connectivity index (χ1) is 9.75. The molecule has 0 fully saturated rings. The van der Waals surface area contributed by atoms with Gasteiger partial charge in [-0.1, -0.05) is 11.3 Å². The lowest BCUT2D eigenvalue weighted by atomic mass is 10.0. The fraction of sp³-hybridized carbons (Fsp3) is 0.273. The number of nitrogens with one attached hydrogen (secondary N) is 1. The van der Waals surface area contributed by atoms with Crippen molar-refractivity contribution in [3.63, 3.8) is 0 Å². The first-order valence-corrected chi connectivity index (χ1v) is 6.43. The van der Waals surface area contributed by atoms with Gasteiger partial charge in [-0.3, -0.25) is 5.84 Å². The molecule has 0 aliphatic heterocycles. The molecule has 0 saturated heterocycles. The van der Waals surface area contributed by atoms with Crippen LogP contribution in [0.15, 0.2) is 22.8 Å². The normalized spacial score (nSPS) is 13.5. The van der Waals surface area contributed by atoms with Crippen LogP contribution in [-0.4, -0.2) is 15.0 Å². The van der Waals surface area contributed by atoms with Crippen molar-refractivity contribution < 1.29 is 17.6 Å². The monoisotopic (exact) mass is 367 g/mol. The van der Waals surface area contributed by atoms with E-state index in [9.17, 15) is 17.6 Å². The van der Waals surface area contributed by atoms with Crippen LogP contribution in [0.3, 0.4) is 0 Å². The van der Waals surface area contributed by atoms with Crippen molar-refractivity contribution in [1.29, 1.82) is 0 Å². The molecule has 2 aromatic rings. The van der Waals surface area contributed by atoms with Gasteiger partial charge in [-0.25, -0.2) is 14.5 Å². The van der Waals surface area contributed by atoms with Crippen molar-refractivity contribution in [2.45, 2.75) is 12.2 Å². The first kappa shape index (κ1) is 15.9. The average molecular weight is 368 g/mol. The molecular weight excluding hydrogens is 358 g/mol. The molecule has 0 amide bonds. The van der Waals surface area contributed by atoms with Crippen molar-refractivity contribution in [1.82, 2.24) is 20.4 Å². The van der Waals surface area contributed by atoms with E-state index in [1.807, 2.05) is 0 Å². The third-order valence-electron chi connectivity index (χ3n) is 2.90. The summed E-state index contributed by atoms with van der Waals surface area (Å²) in [6.07, 6.45) is -4.79. The molecule has 1 unspecified atom stereocenters. The molecule has 0 aliphatic carbocycles. The number of alkyl halides is 3. The zero-order valence-corrected chi connectivity index (χ0v) is 12.2. The summed E-state index contributed by atoms with van der Waals surface area (Å²) < 4.78 is 53.3. The van der Waals surface area contributed by atoms with E-state index < -0.39 is 23.6 Å². The van der Waals surface area contributed by atoms with E-state index in [0.717, 1.165) is 6.07 Å². The molecule has 5 nitrogen and oxygen atoms in total. The zero-order chi connectivity index (χ0) is 15.8. The maximum absolute atomic E-state index is 13.3. The number of rotatable bonds is 3. The molecule has 0 saturated carbocycles. The van der Waals surface area contributed by atoms with E-state index in [1.165, 1.54) is 10.7 Å². The van der Waals surface area contributed by atoms with Gasteiger partial charge in [-0.2, -0.15) is 13.2 Å². The van der Waals surface area contributed by atoms with Gasteiger partial charge in [0, 0.05) is 7.05 Å². The van der Waals surface area contributed by atoms with Crippen LogP contribution in [0.2, 0.25) is 0 Å². The standard InChI is InChI=1S/C11H10BrF4N5/c1-21-9(10(12)19-20-21)8(18-17)5-2-3-7(13)6(4-5)11(14,15)16/h2-4,8,18H,17H2,1H3. The minimum Gasteiger partial charge on any atom is -0.271 e. The lowest BCUT2D eigenvalue weighted by Gasteiger charge is -2.18. The number of aryl methyl sites for hydroxylation is 1. The van der Waals surface area contributed by atoms with Crippen molar-refractivity contribution in [3.8, 4) is 0 Å². The van der Waals surface area contributed by atoms with Gasteiger partial charge < -0.3 is 0 Å². The van der Waals surface area contributed by atoms with Gasteiger partial charge in [0.1, 0.15) is 5.82 Å². The number of aromatic nitrogens is 3. The highest BCUT2D eigenvalue weighted by molar-refractivity contribution is 9.10. The Morgan fingerprint density at radius 2 is 2.05 bits per heavy atom. The average Bonchev–Trinajstić information content (AvgIpc) is 2.72. The Balaban J connectivity index is 2.54. The summed E-state index contributed by atoms with van der Waals surface area (Å²) in [4.78, 5) is 0. The molecule has 0 radical (unpaired) electrons. The Kier molecular flexibility index (Phi) is 4.30. The maximum Gasteiger partial charge on any atom is 0.419 e. The van der Waals surface area contributed by atoms with Crippen LogP contribution >= 0.6 is 15.9 Å². The second kappa shape index (κ2) is 5.70. The van der Waals surface area contributed by atoms with Gasteiger partial charge in [0.25, 0.3) is 0 Å². The highest BCUT2D eigenvalue weighted by Gasteiger charge is 2.35. The largest absolute Gasteiger partial charge is 0.419 e. The third-order valence-corrected chi connectivity index (χ3v) is 3.46. The highest BCUT2D eigenvalue weighted by Crippen LogP contribution is 2.34. The molecule has 21 heavy (non-hydrogen) atoms. The van der Waals surface area contributed by atoms with E-state index in [0.29, 0.717) is 16.4 Å². The number of benzene rings is 1. The fourth-order valence-electron chi connectivity index (χ4n) is 1.92. The maximum atomic E-state index is 13.3. The van der Waals surface area contributed by atoms with Gasteiger partial charge in [0.05, 0.1) is 17.3 Å². The predicted octanol–water partition coefficient (Wildman–Crippen LogP) is 2.29. The summed E-state index contributed by atoms with van der Waals surface area (Å²) in [5.41, 5.74) is 1.58. The molecule has 114 valence electrons. The van der Waals surface area contributed by atoms with E-state index in [2.05, 4.69) is 31.7 Å². The second-order valence-electron chi connectivity index (χ2n) is 4.23. The van der Waals surface area contributed by atoms with Crippen molar-refractivity contribution in [2.75, 3.05) is 0 Å². The van der Waals surface area contributed by atoms with E-state index in [-0.39, 0.29) is 5.56 Å². The number of hydrogen-bond acceptors (Lipinski definition) is 4. The molecule has 1 heterocycles. The molecule has 0 bridgehead atoms. The lowest BCUT2D eigenvalue weighted by Crippen LogP contribution is -2.31. The molecule has 1 atom stereocenters. The van der Waals surface area contributed by atoms with Crippen LogP contribution in [0.4, 0.5) is 17.6 Å². The Morgan fingerprint density at radius 1 is 1.38 bits per heavy atom. The molecule has 2 rings (SSSR count). The number of nitrogens with zero attached hydrogens (tertiary/aromatic N) is 3. The smallest absolute Gasteiger partial charge is 0.271 e. The van der Waals surface area contributed by atoms with E-state index in [4.69, 9.17) is 5.84 Å². The first-order valence-electron chi connectivity index (χ1n) is 5.63. The molecular formula is C11H10BrF4N5. The van der Waals surface area contributed by atoms with Crippen LogP contribution in [-0.2, 0) is 13.2 Å². The summed E-state index contributed by atoms with van der Waals surface area (Å²) in [6, 6.07) is 1.84. The molecule has 0 aliphatic rings. The third kappa shape index (κ3) is 3.06. The van der Waals surface area contributed by atoms with E-state index in [1.54, 1.807) is 7.05 Å².